The summed E-state index contributed by atoms with van der Waals surface area (Å²) in [5.41, 5.74) is 0. The third kappa shape index (κ3) is 2.88. The standard InChI is InChI=1S/C11H20ClNO/c1-7-5-4-6-10(8(7)2)13-11(14)9(3)12/h7-10H,4-6H2,1-3H3,(H,13,14)/t7-,8-,9-,10+/m0/s1. The Hall–Kier alpha value is -0.240. The maximum absolute atomic E-state index is 11.4. The molecule has 0 aromatic rings. The molecule has 1 aliphatic carbocycles. The summed E-state index contributed by atoms with van der Waals surface area (Å²) in [5, 5.41) is 2.61. The minimum Gasteiger partial charge on any atom is -0.352 e. The van der Waals surface area contributed by atoms with Crippen molar-refractivity contribution in [2.45, 2.75) is 51.5 Å². The van der Waals surface area contributed by atoms with E-state index in [1.807, 2.05) is 0 Å². The van der Waals surface area contributed by atoms with Crippen LogP contribution in [0.15, 0.2) is 0 Å². The van der Waals surface area contributed by atoms with Crippen molar-refractivity contribution in [3.63, 3.8) is 0 Å². The summed E-state index contributed by atoms with van der Waals surface area (Å²) in [6, 6.07) is 0.326. The van der Waals surface area contributed by atoms with E-state index in [2.05, 4.69) is 19.2 Å². The SMILES string of the molecule is C[C@H]1[C@@H](C)CCC[C@H]1NC(=O)[C@H](C)Cl. The third-order valence-corrected chi connectivity index (χ3v) is 3.59. The van der Waals surface area contributed by atoms with Crippen LogP contribution in [0, 0.1) is 11.8 Å². The lowest BCUT2D eigenvalue weighted by Gasteiger charge is -2.34. The number of amides is 1. The Kier molecular flexibility index (Phi) is 4.24. The van der Waals surface area contributed by atoms with Crippen LogP contribution in [-0.2, 0) is 4.79 Å². The van der Waals surface area contributed by atoms with Gasteiger partial charge in [-0.05, 0) is 25.2 Å². The molecule has 1 amide bonds. The fourth-order valence-electron chi connectivity index (χ4n) is 2.08. The van der Waals surface area contributed by atoms with Gasteiger partial charge in [-0.25, -0.2) is 0 Å². The zero-order chi connectivity index (χ0) is 10.7. The van der Waals surface area contributed by atoms with Crippen LogP contribution in [0.25, 0.3) is 0 Å². The number of hydrogen-bond acceptors (Lipinski definition) is 1. The molecule has 0 saturated heterocycles. The molecule has 0 radical (unpaired) electrons. The highest BCUT2D eigenvalue weighted by Gasteiger charge is 2.28. The summed E-state index contributed by atoms with van der Waals surface area (Å²) < 4.78 is 0. The topological polar surface area (TPSA) is 29.1 Å². The van der Waals surface area contributed by atoms with E-state index in [4.69, 9.17) is 11.6 Å². The molecule has 82 valence electrons. The quantitative estimate of drug-likeness (QED) is 0.708. The first-order chi connectivity index (χ1) is 6.52. The molecule has 0 aromatic heterocycles. The molecule has 0 aliphatic heterocycles. The first-order valence-corrected chi connectivity index (χ1v) is 5.90. The van der Waals surface area contributed by atoms with E-state index >= 15 is 0 Å². The van der Waals surface area contributed by atoms with Crippen molar-refractivity contribution < 1.29 is 4.79 Å². The molecule has 1 aliphatic rings. The minimum atomic E-state index is -0.417. The molecule has 0 heterocycles. The lowest BCUT2D eigenvalue weighted by Crippen LogP contribution is -2.45. The van der Waals surface area contributed by atoms with Crippen LogP contribution in [-0.4, -0.2) is 17.3 Å². The average Bonchev–Trinajstić information content (AvgIpc) is 2.12. The fraction of sp³-hybridized carbons (Fsp3) is 0.909. The predicted octanol–water partition coefficient (Wildman–Crippen LogP) is 2.55. The number of alkyl halides is 1. The van der Waals surface area contributed by atoms with Gasteiger partial charge in [0.05, 0.1) is 0 Å². The van der Waals surface area contributed by atoms with Gasteiger partial charge in [0.25, 0.3) is 0 Å². The molecule has 4 atom stereocenters. The largest absolute Gasteiger partial charge is 0.352 e. The third-order valence-electron chi connectivity index (χ3n) is 3.40. The van der Waals surface area contributed by atoms with Crippen molar-refractivity contribution >= 4 is 17.5 Å². The lowest BCUT2D eigenvalue weighted by atomic mass is 9.78. The van der Waals surface area contributed by atoms with Gasteiger partial charge >= 0.3 is 0 Å². The van der Waals surface area contributed by atoms with E-state index in [1.165, 1.54) is 12.8 Å². The summed E-state index contributed by atoms with van der Waals surface area (Å²) in [6.07, 6.45) is 3.60. The van der Waals surface area contributed by atoms with Crippen LogP contribution in [0.4, 0.5) is 0 Å². The van der Waals surface area contributed by atoms with Gasteiger partial charge in [0, 0.05) is 6.04 Å². The van der Waals surface area contributed by atoms with Crippen molar-refractivity contribution in [3.8, 4) is 0 Å². The van der Waals surface area contributed by atoms with Crippen molar-refractivity contribution in [2.75, 3.05) is 0 Å². The Morgan fingerprint density at radius 2 is 2.07 bits per heavy atom. The predicted molar refractivity (Wildman–Crippen MR) is 59.4 cm³/mol. The summed E-state index contributed by atoms with van der Waals surface area (Å²) in [6.45, 7) is 6.19. The maximum atomic E-state index is 11.4. The van der Waals surface area contributed by atoms with E-state index in [9.17, 15) is 4.79 Å². The number of carbonyl (C=O) groups is 1. The van der Waals surface area contributed by atoms with E-state index < -0.39 is 5.38 Å². The van der Waals surface area contributed by atoms with Gasteiger partial charge in [-0.15, -0.1) is 11.6 Å². The maximum Gasteiger partial charge on any atom is 0.237 e. The van der Waals surface area contributed by atoms with Gasteiger partial charge in [0.1, 0.15) is 5.38 Å². The molecule has 1 saturated carbocycles. The van der Waals surface area contributed by atoms with Crippen molar-refractivity contribution in [3.05, 3.63) is 0 Å². The Morgan fingerprint density at radius 1 is 1.43 bits per heavy atom. The van der Waals surface area contributed by atoms with Crippen LogP contribution < -0.4 is 5.32 Å². The molecule has 0 bridgehead atoms. The second-order valence-corrected chi connectivity index (χ2v) is 5.15. The number of hydrogen-bond donors (Lipinski definition) is 1. The van der Waals surface area contributed by atoms with Gasteiger partial charge in [-0.2, -0.15) is 0 Å². The Bertz CT molecular complexity index is 205. The van der Waals surface area contributed by atoms with Gasteiger partial charge in [0.2, 0.25) is 5.91 Å². The molecule has 0 aromatic carbocycles. The minimum absolute atomic E-state index is 0.0300. The van der Waals surface area contributed by atoms with Crippen LogP contribution >= 0.6 is 11.6 Å². The first-order valence-electron chi connectivity index (χ1n) is 5.46. The Labute approximate surface area is 91.4 Å². The van der Waals surface area contributed by atoms with E-state index in [0.29, 0.717) is 17.9 Å². The van der Waals surface area contributed by atoms with Crippen LogP contribution in [0.2, 0.25) is 0 Å². The van der Waals surface area contributed by atoms with E-state index in [1.54, 1.807) is 6.92 Å². The highest BCUT2D eigenvalue weighted by Crippen LogP contribution is 2.29. The number of carbonyl (C=O) groups excluding carboxylic acids is 1. The van der Waals surface area contributed by atoms with Crippen molar-refractivity contribution in [1.29, 1.82) is 0 Å². The molecule has 0 unspecified atom stereocenters. The monoisotopic (exact) mass is 217 g/mol. The molecule has 2 nitrogen and oxygen atoms in total. The van der Waals surface area contributed by atoms with E-state index in [0.717, 1.165) is 6.42 Å². The van der Waals surface area contributed by atoms with Crippen LogP contribution in [0.5, 0.6) is 0 Å². The fourth-order valence-corrected chi connectivity index (χ4v) is 2.15. The van der Waals surface area contributed by atoms with Gasteiger partial charge in [-0.1, -0.05) is 26.7 Å². The summed E-state index contributed by atoms with van der Waals surface area (Å²) in [4.78, 5) is 11.4. The van der Waals surface area contributed by atoms with E-state index in [-0.39, 0.29) is 5.91 Å². The summed E-state index contributed by atoms with van der Waals surface area (Å²) in [5.74, 6) is 1.25. The van der Waals surface area contributed by atoms with Crippen molar-refractivity contribution in [2.24, 2.45) is 11.8 Å². The summed E-state index contributed by atoms with van der Waals surface area (Å²) >= 11 is 5.72. The van der Waals surface area contributed by atoms with Crippen LogP contribution in [0.1, 0.15) is 40.0 Å². The molecular weight excluding hydrogens is 198 g/mol. The molecular formula is C11H20ClNO. The number of rotatable bonds is 2. The zero-order valence-corrected chi connectivity index (χ0v) is 9.97. The smallest absolute Gasteiger partial charge is 0.237 e. The molecule has 1 N–H and O–H groups in total. The van der Waals surface area contributed by atoms with Gasteiger partial charge in [0.15, 0.2) is 0 Å². The van der Waals surface area contributed by atoms with Gasteiger partial charge in [-0.3, -0.25) is 4.79 Å². The molecule has 14 heavy (non-hydrogen) atoms. The zero-order valence-electron chi connectivity index (χ0n) is 9.22. The lowest BCUT2D eigenvalue weighted by molar-refractivity contribution is -0.121. The number of nitrogens with one attached hydrogen (secondary N) is 1. The summed E-state index contributed by atoms with van der Waals surface area (Å²) in [7, 11) is 0. The Balaban J connectivity index is 2.47. The van der Waals surface area contributed by atoms with Crippen LogP contribution in [0.3, 0.4) is 0 Å². The second kappa shape index (κ2) is 5.01. The highest BCUT2D eigenvalue weighted by molar-refractivity contribution is 6.30. The molecule has 3 heteroatoms. The second-order valence-electron chi connectivity index (χ2n) is 4.50. The molecule has 1 fully saturated rings. The normalized spacial score (nSPS) is 35.0. The van der Waals surface area contributed by atoms with Crippen molar-refractivity contribution in [1.82, 2.24) is 5.32 Å². The Morgan fingerprint density at radius 3 is 2.64 bits per heavy atom. The molecule has 1 rings (SSSR count). The average molecular weight is 218 g/mol. The highest BCUT2D eigenvalue weighted by atomic mass is 35.5. The number of halogens is 1. The van der Waals surface area contributed by atoms with Gasteiger partial charge < -0.3 is 5.32 Å². The first kappa shape index (κ1) is 11.8. The molecule has 0 spiro atoms.